The summed E-state index contributed by atoms with van der Waals surface area (Å²) >= 11 is 4.78. The van der Waals surface area contributed by atoms with E-state index in [1.165, 1.54) is 31.3 Å². The van der Waals surface area contributed by atoms with Crippen molar-refractivity contribution in [3.63, 3.8) is 0 Å². The van der Waals surface area contributed by atoms with Gasteiger partial charge in [-0.2, -0.15) is 0 Å². The van der Waals surface area contributed by atoms with Crippen molar-refractivity contribution in [3.05, 3.63) is 29.6 Å². The average molecular weight is 267 g/mol. The van der Waals surface area contributed by atoms with Crippen molar-refractivity contribution in [1.82, 2.24) is 9.88 Å². The highest BCUT2D eigenvalue weighted by Gasteiger charge is 2.16. The van der Waals surface area contributed by atoms with Crippen LogP contribution in [0.2, 0.25) is 0 Å². The fraction of sp³-hybridized carbons (Fsp3) is 0.273. The first-order valence-corrected chi connectivity index (χ1v) is 5.44. The lowest BCUT2D eigenvalue weighted by Gasteiger charge is -2.14. The molecule has 0 aliphatic carbocycles. The Balaban J connectivity index is 2.77. The van der Waals surface area contributed by atoms with E-state index in [1.54, 1.807) is 6.07 Å². The van der Waals surface area contributed by atoms with Crippen LogP contribution in [0.3, 0.4) is 0 Å². The fourth-order valence-corrected chi connectivity index (χ4v) is 1.31. The Bertz CT molecular complexity index is 473. The second-order valence-corrected chi connectivity index (χ2v) is 3.97. The second kappa shape index (κ2) is 6.06. The maximum absolute atomic E-state index is 11.9. The van der Waals surface area contributed by atoms with Gasteiger partial charge in [-0.05, 0) is 12.1 Å². The van der Waals surface area contributed by atoms with E-state index in [0.717, 1.165) is 0 Å². The van der Waals surface area contributed by atoms with Gasteiger partial charge in [0.15, 0.2) is 0 Å². The molecule has 0 spiro atoms. The summed E-state index contributed by atoms with van der Waals surface area (Å²) in [6, 6.07) is 3.11. The number of hydrogen-bond donors (Lipinski definition) is 1. The third kappa shape index (κ3) is 3.49. The number of methoxy groups -OCH3 is 1. The summed E-state index contributed by atoms with van der Waals surface area (Å²) in [6.07, 6.45) is 1.42. The monoisotopic (exact) mass is 267 g/mol. The maximum Gasteiger partial charge on any atom is 0.325 e. The van der Waals surface area contributed by atoms with Gasteiger partial charge < -0.3 is 15.4 Å². The molecule has 0 unspecified atom stereocenters. The molecule has 0 aliphatic rings. The number of nitrogens with two attached hydrogens (primary N) is 1. The minimum Gasteiger partial charge on any atom is -0.468 e. The summed E-state index contributed by atoms with van der Waals surface area (Å²) < 4.78 is 4.47. The van der Waals surface area contributed by atoms with E-state index < -0.39 is 5.97 Å². The highest BCUT2D eigenvalue weighted by molar-refractivity contribution is 7.80. The van der Waals surface area contributed by atoms with Gasteiger partial charge in [-0.3, -0.25) is 14.6 Å². The molecule has 0 fully saturated rings. The van der Waals surface area contributed by atoms with Gasteiger partial charge in [-0.15, -0.1) is 0 Å². The molecule has 1 rings (SSSR count). The van der Waals surface area contributed by atoms with E-state index >= 15 is 0 Å². The zero-order chi connectivity index (χ0) is 13.7. The van der Waals surface area contributed by atoms with Crippen molar-refractivity contribution in [2.24, 2.45) is 5.73 Å². The third-order valence-corrected chi connectivity index (χ3v) is 2.44. The Morgan fingerprint density at radius 3 is 2.61 bits per heavy atom. The molecule has 2 N–H and O–H groups in total. The molecule has 96 valence electrons. The summed E-state index contributed by atoms with van der Waals surface area (Å²) in [6.45, 7) is -0.131. The number of nitrogens with zero attached hydrogens (tertiary/aromatic N) is 2. The van der Waals surface area contributed by atoms with Gasteiger partial charge in [0, 0.05) is 18.8 Å². The number of hydrogen-bond acceptors (Lipinski definition) is 5. The van der Waals surface area contributed by atoms with Crippen molar-refractivity contribution in [1.29, 1.82) is 0 Å². The molecule has 0 atom stereocenters. The first-order chi connectivity index (χ1) is 8.45. The Hall–Kier alpha value is -2.02. The fourth-order valence-electron chi connectivity index (χ4n) is 1.19. The molecule has 0 bridgehead atoms. The minimum atomic E-state index is -0.495. The molecule has 0 aromatic carbocycles. The molecule has 7 heteroatoms. The molecule has 0 aliphatic heterocycles. The van der Waals surface area contributed by atoms with Crippen LogP contribution in [0, 0.1) is 0 Å². The van der Waals surface area contributed by atoms with Crippen LogP contribution in [0.15, 0.2) is 18.3 Å². The van der Waals surface area contributed by atoms with Crippen molar-refractivity contribution in [3.8, 4) is 0 Å². The quantitative estimate of drug-likeness (QED) is 0.608. The van der Waals surface area contributed by atoms with Crippen LogP contribution in [0.25, 0.3) is 0 Å². The number of carbonyl (C=O) groups is 2. The molecule has 1 amide bonds. The number of pyridine rings is 1. The predicted octanol–water partition coefficient (Wildman–Crippen LogP) is -0.0392. The van der Waals surface area contributed by atoms with Crippen LogP contribution in [0.4, 0.5) is 0 Å². The summed E-state index contributed by atoms with van der Waals surface area (Å²) in [7, 11) is 2.75. The third-order valence-electron chi connectivity index (χ3n) is 2.21. The van der Waals surface area contributed by atoms with Crippen LogP contribution in [0.1, 0.15) is 16.1 Å². The smallest absolute Gasteiger partial charge is 0.325 e. The Kier molecular flexibility index (Phi) is 4.73. The van der Waals surface area contributed by atoms with E-state index in [9.17, 15) is 9.59 Å². The first kappa shape index (κ1) is 14.0. The minimum absolute atomic E-state index is 0.131. The van der Waals surface area contributed by atoms with E-state index in [1.807, 2.05) is 0 Å². The van der Waals surface area contributed by atoms with E-state index in [0.29, 0.717) is 5.56 Å². The van der Waals surface area contributed by atoms with Crippen molar-refractivity contribution < 1.29 is 14.3 Å². The van der Waals surface area contributed by atoms with Crippen LogP contribution in [0.5, 0.6) is 0 Å². The lowest BCUT2D eigenvalue weighted by Crippen LogP contribution is -2.33. The number of esters is 1. The number of carbonyl (C=O) groups excluding carboxylic acids is 2. The number of likely N-dealkylation sites (N-methyl/N-ethyl adjacent to an activating group) is 1. The predicted molar refractivity (Wildman–Crippen MR) is 69.1 cm³/mol. The van der Waals surface area contributed by atoms with Gasteiger partial charge in [0.25, 0.3) is 5.91 Å². The van der Waals surface area contributed by atoms with Crippen molar-refractivity contribution >= 4 is 29.1 Å². The molecule has 18 heavy (non-hydrogen) atoms. The summed E-state index contributed by atoms with van der Waals surface area (Å²) in [4.78, 5) is 28.3. The molecule has 1 aromatic rings. The van der Waals surface area contributed by atoms with Crippen molar-refractivity contribution in [2.75, 3.05) is 20.7 Å². The Morgan fingerprint density at radius 2 is 2.17 bits per heavy atom. The summed E-state index contributed by atoms with van der Waals surface area (Å²) in [5, 5.41) is 0. The Labute approximate surface area is 110 Å². The van der Waals surface area contributed by atoms with Crippen LogP contribution in [-0.2, 0) is 9.53 Å². The van der Waals surface area contributed by atoms with Gasteiger partial charge in [0.05, 0.1) is 7.11 Å². The van der Waals surface area contributed by atoms with Crippen LogP contribution < -0.4 is 5.73 Å². The number of aromatic nitrogens is 1. The highest BCUT2D eigenvalue weighted by Crippen LogP contribution is 2.03. The SMILES string of the molecule is COC(=O)CN(C)C(=O)c1ccc(C(N)=S)cn1. The molecule has 6 nitrogen and oxygen atoms in total. The topological polar surface area (TPSA) is 85.5 Å². The number of amides is 1. The van der Waals surface area contributed by atoms with Gasteiger partial charge in [0.2, 0.25) is 0 Å². The molecule has 0 saturated carbocycles. The molecule has 0 radical (unpaired) electrons. The lowest BCUT2D eigenvalue weighted by atomic mass is 10.2. The van der Waals surface area contributed by atoms with Crippen LogP contribution >= 0.6 is 12.2 Å². The maximum atomic E-state index is 11.9. The molecule has 1 aromatic heterocycles. The normalized spacial score (nSPS) is 9.67. The first-order valence-electron chi connectivity index (χ1n) is 5.04. The molecular weight excluding hydrogens is 254 g/mol. The molecule has 0 saturated heterocycles. The number of thiocarbonyl (C=S) groups is 1. The molecule has 1 heterocycles. The molecular formula is C11H13N3O3S. The van der Waals surface area contributed by atoms with E-state index in [4.69, 9.17) is 18.0 Å². The zero-order valence-electron chi connectivity index (χ0n) is 10.0. The van der Waals surface area contributed by atoms with Gasteiger partial charge in [-0.25, -0.2) is 0 Å². The van der Waals surface area contributed by atoms with E-state index in [2.05, 4.69) is 9.72 Å². The largest absolute Gasteiger partial charge is 0.468 e. The standard InChI is InChI=1S/C11H13N3O3S/c1-14(6-9(15)17-2)11(16)8-4-3-7(5-13-8)10(12)18/h3-5H,6H2,1-2H3,(H2,12,18). The number of rotatable bonds is 4. The van der Waals surface area contributed by atoms with Gasteiger partial charge >= 0.3 is 5.97 Å². The average Bonchev–Trinajstić information content (AvgIpc) is 2.37. The lowest BCUT2D eigenvalue weighted by molar-refractivity contribution is -0.141. The second-order valence-electron chi connectivity index (χ2n) is 3.53. The summed E-state index contributed by atoms with van der Waals surface area (Å²) in [5.74, 6) is -0.875. The Morgan fingerprint density at radius 1 is 1.50 bits per heavy atom. The van der Waals surface area contributed by atoms with Crippen molar-refractivity contribution in [2.45, 2.75) is 0 Å². The van der Waals surface area contributed by atoms with E-state index in [-0.39, 0.29) is 23.1 Å². The van der Waals surface area contributed by atoms with Gasteiger partial charge in [0.1, 0.15) is 17.2 Å². The summed E-state index contributed by atoms with van der Waals surface area (Å²) in [5.41, 5.74) is 6.21. The number of ether oxygens (including phenoxy) is 1. The van der Waals surface area contributed by atoms with Gasteiger partial charge in [-0.1, -0.05) is 12.2 Å². The zero-order valence-corrected chi connectivity index (χ0v) is 10.9. The van der Waals surface area contributed by atoms with Crippen LogP contribution in [-0.4, -0.2) is 47.5 Å². The highest BCUT2D eigenvalue weighted by atomic mass is 32.1.